The van der Waals surface area contributed by atoms with Crippen molar-refractivity contribution in [3.63, 3.8) is 0 Å². The standard InChI is InChI=1S/C17H22N4O/c1-21(2)12-6-11-18-17(22)14-9-10-16(19-13-14)20-15-7-4-3-5-8-15/h3-5,7-10,13H,6,11-12H2,1-2H3,(H,18,22)(H,19,20). The topological polar surface area (TPSA) is 57.3 Å². The van der Waals surface area contributed by atoms with Gasteiger partial charge in [-0.25, -0.2) is 4.98 Å². The summed E-state index contributed by atoms with van der Waals surface area (Å²) in [5, 5.41) is 6.08. The predicted molar refractivity (Wildman–Crippen MR) is 89.5 cm³/mol. The number of carbonyl (C=O) groups excluding carboxylic acids is 1. The van der Waals surface area contributed by atoms with E-state index >= 15 is 0 Å². The van der Waals surface area contributed by atoms with Gasteiger partial charge in [-0.1, -0.05) is 18.2 Å². The SMILES string of the molecule is CN(C)CCCNC(=O)c1ccc(Nc2ccccc2)nc1. The third-order valence-corrected chi connectivity index (χ3v) is 3.14. The van der Waals surface area contributed by atoms with Crippen LogP contribution in [0.1, 0.15) is 16.8 Å². The molecule has 1 heterocycles. The molecule has 5 nitrogen and oxygen atoms in total. The summed E-state index contributed by atoms with van der Waals surface area (Å²) in [4.78, 5) is 18.3. The third kappa shape index (κ3) is 5.18. The molecular weight excluding hydrogens is 276 g/mol. The van der Waals surface area contributed by atoms with Gasteiger partial charge in [-0.05, 0) is 51.3 Å². The van der Waals surface area contributed by atoms with Gasteiger partial charge in [0, 0.05) is 18.4 Å². The predicted octanol–water partition coefficient (Wildman–Crippen LogP) is 2.51. The smallest absolute Gasteiger partial charge is 0.252 e. The molecule has 5 heteroatoms. The van der Waals surface area contributed by atoms with Crippen LogP contribution in [0.2, 0.25) is 0 Å². The van der Waals surface area contributed by atoms with Gasteiger partial charge in [0.25, 0.3) is 5.91 Å². The van der Waals surface area contributed by atoms with Crippen molar-refractivity contribution in [2.75, 3.05) is 32.5 Å². The lowest BCUT2D eigenvalue weighted by Gasteiger charge is -2.10. The van der Waals surface area contributed by atoms with Gasteiger partial charge in [0.15, 0.2) is 0 Å². The molecule has 2 rings (SSSR count). The van der Waals surface area contributed by atoms with Crippen molar-refractivity contribution in [2.45, 2.75) is 6.42 Å². The largest absolute Gasteiger partial charge is 0.352 e. The van der Waals surface area contributed by atoms with Crippen molar-refractivity contribution < 1.29 is 4.79 Å². The number of aromatic nitrogens is 1. The first-order chi connectivity index (χ1) is 10.6. The van der Waals surface area contributed by atoms with Gasteiger partial charge in [-0.3, -0.25) is 4.79 Å². The number of benzene rings is 1. The average Bonchev–Trinajstić information content (AvgIpc) is 2.53. The Morgan fingerprint density at radius 2 is 1.91 bits per heavy atom. The summed E-state index contributed by atoms with van der Waals surface area (Å²) in [5.74, 6) is 0.632. The maximum atomic E-state index is 12.0. The fourth-order valence-electron chi connectivity index (χ4n) is 1.97. The van der Waals surface area contributed by atoms with E-state index in [0.717, 1.165) is 24.5 Å². The van der Waals surface area contributed by atoms with Crippen molar-refractivity contribution in [1.29, 1.82) is 0 Å². The van der Waals surface area contributed by atoms with Crippen LogP contribution in [0, 0.1) is 0 Å². The molecule has 1 aromatic carbocycles. The lowest BCUT2D eigenvalue weighted by Crippen LogP contribution is -2.27. The second kappa shape index (κ2) is 8.14. The van der Waals surface area contributed by atoms with Crippen LogP contribution in [-0.4, -0.2) is 43.0 Å². The van der Waals surface area contributed by atoms with Crippen molar-refractivity contribution in [2.24, 2.45) is 0 Å². The number of hydrogen-bond acceptors (Lipinski definition) is 4. The number of nitrogens with one attached hydrogen (secondary N) is 2. The summed E-state index contributed by atoms with van der Waals surface area (Å²) in [5.41, 5.74) is 1.54. The monoisotopic (exact) mass is 298 g/mol. The maximum absolute atomic E-state index is 12.0. The van der Waals surface area contributed by atoms with E-state index in [-0.39, 0.29) is 5.91 Å². The van der Waals surface area contributed by atoms with E-state index in [9.17, 15) is 4.79 Å². The van der Waals surface area contributed by atoms with E-state index in [0.29, 0.717) is 12.1 Å². The van der Waals surface area contributed by atoms with E-state index in [1.807, 2.05) is 50.5 Å². The molecule has 22 heavy (non-hydrogen) atoms. The summed E-state index contributed by atoms with van der Waals surface area (Å²) < 4.78 is 0. The lowest BCUT2D eigenvalue weighted by molar-refractivity contribution is 0.0952. The summed E-state index contributed by atoms with van der Waals surface area (Å²) >= 11 is 0. The number of amides is 1. The Balaban J connectivity index is 1.84. The second-order valence-corrected chi connectivity index (χ2v) is 5.34. The highest BCUT2D eigenvalue weighted by Gasteiger charge is 2.05. The zero-order chi connectivity index (χ0) is 15.8. The molecule has 0 unspecified atom stereocenters. The fourth-order valence-corrected chi connectivity index (χ4v) is 1.97. The number of anilines is 2. The minimum absolute atomic E-state index is 0.0856. The first-order valence-corrected chi connectivity index (χ1v) is 7.36. The van der Waals surface area contributed by atoms with Crippen LogP contribution in [0.15, 0.2) is 48.7 Å². The van der Waals surface area contributed by atoms with Crippen molar-refractivity contribution in [1.82, 2.24) is 15.2 Å². The van der Waals surface area contributed by atoms with Crippen LogP contribution in [-0.2, 0) is 0 Å². The quantitative estimate of drug-likeness (QED) is 0.771. The van der Waals surface area contributed by atoms with Gasteiger partial charge in [0.2, 0.25) is 0 Å². The molecule has 0 aliphatic heterocycles. The molecule has 0 aliphatic rings. The van der Waals surface area contributed by atoms with Gasteiger partial charge in [-0.15, -0.1) is 0 Å². The minimum Gasteiger partial charge on any atom is -0.352 e. The van der Waals surface area contributed by atoms with Gasteiger partial charge in [0.05, 0.1) is 5.56 Å². The van der Waals surface area contributed by atoms with E-state index in [1.165, 1.54) is 0 Å². The Bertz CT molecular complexity index is 581. The Morgan fingerprint density at radius 3 is 2.55 bits per heavy atom. The summed E-state index contributed by atoms with van der Waals surface area (Å²) in [7, 11) is 4.04. The summed E-state index contributed by atoms with van der Waals surface area (Å²) in [6.45, 7) is 1.62. The van der Waals surface area contributed by atoms with Crippen LogP contribution in [0.5, 0.6) is 0 Å². The Labute approximate surface area is 131 Å². The molecule has 0 atom stereocenters. The summed E-state index contributed by atoms with van der Waals surface area (Å²) in [6, 6.07) is 13.4. The Hall–Kier alpha value is -2.40. The molecule has 0 saturated carbocycles. The number of rotatable bonds is 7. The first kappa shape index (κ1) is 16.0. The molecule has 0 radical (unpaired) electrons. The van der Waals surface area contributed by atoms with Gasteiger partial charge in [0.1, 0.15) is 5.82 Å². The first-order valence-electron chi connectivity index (χ1n) is 7.36. The zero-order valence-corrected chi connectivity index (χ0v) is 13.0. The average molecular weight is 298 g/mol. The van der Waals surface area contributed by atoms with Crippen LogP contribution < -0.4 is 10.6 Å². The lowest BCUT2D eigenvalue weighted by atomic mass is 10.2. The number of para-hydroxylation sites is 1. The number of carbonyl (C=O) groups is 1. The molecule has 0 bridgehead atoms. The zero-order valence-electron chi connectivity index (χ0n) is 13.0. The minimum atomic E-state index is -0.0856. The summed E-state index contributed by atoms with van der Waals surface area (Å²) in [6.07, 6.45) is 2.52. The molecule has 116 valence electrons. The van der Waals surface area contributed by atoms with Gasteiger partial charge in [-0.2, -0.15) is 0 Å². The highest BCUT2D eigenvalue weighted by atomic mass is 16.1. The molecular formula is C17H22N4O. The Kier molecular flexibility index (Phi) is 5.91. The van der Waals surface area contributed by atoms with Gasteiger partial charge >= 0.3 is 0 Å². The molecule has 2 N–H and O–H groups in total. The molecule has 1 amide bonds. The number of hydrogen-bond donors (Lipinski definition) is 2. The Morgan fingerprint density at radius 1 is 1.14 bits per heavy atom. The fraction of sp³-hybridized carbons (Fsp3) is 0.294. The molecule has 2 aromatic rings. The van der Waals surface area contributed by atoms with Crippen molar-refractivity contribution in [3.05, 3.63) is 54.2 Å². The van der Waals surface area contributed by atoms with Gasteiger partial charge < -0.3 is 15.5 Å². The van der Waals surface area contributed by atoms with Crippen LogP contribution >= 0.6 is 0 Å². The number of pyridine rings is 1. The maximum Gasteiger partial charge on any atom is 0.252 e. The molecule has 0 fully saturated rings. The van der Waals surface area contributed by atoms with Crippen molar-refractivity contribution >= 4 is 17.4 Å². The molecule has 0 saturated heterocycles. The van der Waals surface area contributed by atoms with E-state index in [1.54, 1.807) is 12.3 Å². The van der Waals surface area contributed by atoms with Crippen molar-refractivity contribution in [3.8, 4) is 0 Å². The molecule has 0 spiro atoms. The normalized spacial score (nSPS) is 10.5. The van der Waals surface area contributed by atoms with E-state index < -0.39 is 0 Å². The molecule has 0 aliphatic carbocycles. The molecule has 1 aromatic heterocycles. The van der Waals surface area contributed by atoms with Crippen LogP contribution in [0.25, 0.3) is 0 Å². The number of nitrogens with zero attached hydrogens (tertiary/aromatic N) is 2. The third-order valence-electron chi connectivity index (χ3n) is 3.14. The van der Waals surface area contributed by atoms with E-state index in [2.05, 4.69) is 20.5 Å². The highest BCUT2D eigenvalue weighted by Crippen LogP contribution is 2.13. The van der Waals surface area contributed by atoms with E-state index in [4.69, 9.17) is 0 Å². The van der Waals surface area contributed by atoms with Crippen LogP contribution in [0.3, 0.4) is 0 Å². The highest BCUT2D eigenvalue weighted by molar-refractivity contribution is 5.94. The second-order valence-electron chi connectivity index (χ2n) is 5.34. The van der Waals surface area contributed by atoms with Crippen LogP contribution in [0.4, 0.5) is 11.5 Å².